The van der Waals surface area contributed by atoms with Crippen molar-refractivity contribution in [1.29, 1.82) is 0 Å². The van der Waals surface area contributed by atoms with Gasteiger partial charge in [0.05, 0.1) is 5.56 Å². The zero-order chi connectivity index (χ0) is 10.1. The first kappa shape index (κ1) is 9.62. The molecular weight excluding hydrogens is 198 g/mol. The summed E-state index contributed by atoms with van der Waals surface area (Å²) < 4.78 is 31.5. The van der Waals surface area contributed by atoms with Crippen LogP contribution in [0.5, 0.6) is 0 Å². The summed E-state index contributed by atoms with van der Waals surface area (Å²) in [5.74, 6) is -1.18. The van der Waals surface area contributed by atoms with Crippen LogP contribution in [0.25, 0.3) is 0 Å². The molecule has 0 radical (unpaired) electrons. The van der Waals surface area contributed by atoms with Gasteiger partial charge in [-0.25, -0.2) is 4.79 Å². The summed E-state index contributed by atoms with van der Waals surface area (Å²) in [5, 5.41) is 8.44. The van der Waals surface area contributed by atoms with Gasteiger partial charge in [0.15, 0.2) is 12.4 Å². The number of hydrogen-bond acceptors (Lipinski definition) is 4. The second-order valence-electron chi connectivity index (χ2n) is 2.18. The van der Waals surface area contributed by atoms with Crippen molar-refractivity contribution < 1.29 is 26.8 Å². The molecule has 0 aliphatic carbocycles. The van der Waals surface area contributed by atoms with Gasteiger partial charge in [-0.2, -0.15) is 8.42 Å². The molecule has 0 amide bonds. The van der Waals surface area contributed by atoms with Crippen LogP contribution in [0.2, 0.25) is 0 Å². The fourth-order valence-corrected chi connectivity index (χ4v) is 1.12. The Morgan fingerprint density at radius 3 is 2.15 bits per heavy atom. The minimum Gasteiger partial charge on any atom is -0.693 e. The van der Waals surface area contributed by atoms with Gasteiger partial charge >= 0.3 is 16.3 Å². The zero-order valence-electron chi connectivity index (χ0n) is 6.25. The predicted molar refractivity (Wildman–Crippen MR) is 38.7 cm³/mol. The first-order valence-electron chi connectivity index (χ1n) is 3.12. The number of hydrogen-bond donors (Lipinski definition) is 1. The van der Waals surface area contributed by atoms with Crippen LogP contribution < -0.4 is 3.97 Å². The van der Waals surface area contributed by atoms with Gasteiger partial charge in [0.2, 0.25) is 0 Å². The lowest BCUT2D eigenvalue weighted by Gasteiger charge is -1.99. The number of aromatic nitrogens is 1. The second kappa shape index (κ2) is 3.11. The maximum Gasteiger partial charge on any atom is 0.336 e. The molecule has 1 heterocycles. The monoisotopic (exact) mass is 203 g/mol. The van der Waals surface area contributed by atoms with Gasteiger partial charge in [0, 0.05) is 12.1 Å². The molecule has 0 fully saturated rings. The lowest BCUT2D eigenvalue weighted by Crippen LogP contribution is -2.41. The summed E-state index contributed by atoms with van der Waals surface area (Å²) in [6, 6.07) is 2.05. The summed E-state index contributed by atoms with van der Waals surface area (Å²) in [7, 11) is -4.57. The van der Waals surface area contributed by atoms with E-state index in [9.17, 15) is 17.8 Å². The number of carboxylic acid groups (broad SMARTS) is 1. The maximum absolute atomic E-state index is 10.4. The molecule has 0 aromatic carbocycles. The van der Waals surface area contributed by atoms with E-state index in [-0.39, 0.29) is 5.56 Å². The highest BCUT2D eigenvalue weighted by Gasteiger charge is 2.10. The number of rotatable bonds is 2. The number of carbonyl (C=O) groups is 1. The van der Waals surface area contributed by atoms with Crippen molar-refractivity contribution in [2.75, 3.05) is 0 Å². The number of pyridine rings is 1. The summed E-state index contributed by atoms with van der Waals surface area (Å²) >= 11 is 0. The third-order valence-corrected chi connectivity index (χ3v) is 2.07. The molecule has 0 spiro atoms. The van der Waals surface area contributed by atoms with Crippen LogP contribution in [0.3, 0.4) is 0 Å². The molecule has 1 aromatic heterocycles. The molecule has 1 rings (SSSR count). The summed E-state index contributed by atoms with van der Waals surface area (Å²) in [5.41, 5.74) is -0.0834. The quantitative estimate of drug-likeness (QED) is 0.490. The molecule has 0 saturated heterocycles. The van der Waals surface area contributed by atoms with E-state index in [4.69, 9.17) is 5.11 Å². The van der Waals surface area contributed by atoms with E-state index < -0.39 is 16.3 Å². The van der Waals surface area contributed by atoms with E-state index in [1.807, 2.05) is 0 Å². The maximum atomic E-state index is 10.4. The van der Waals surface area contributed by atoms with Gasteiger partial charge in [-0.15, -0.1) is 3.97 Å². The van der Waals surface area contributed by atoms with Gasteiger partial charge in [-0.1, -0.05) is 0 Å². The lowest BCUT2D eigenvalue weighted by atomic mass is 10.3. The fraction of sp³-hybridized carbons (Fsp3) is 0. The van der Waals surface area contributed by atoms with E-state index >= 15 is 0 Å². The Balaban J connectivity index is 3.16. The second-order valence-corrected chi connectivity index (χ2v) is 3.46. The van der Waals surface area contributed by atoms with Gasteiger partial charge < -0.3 is 9.66 Å². The van der Waals surface area contributed by atoms with Gasteiger partial charge in [-0.3, -0.25) is 0 Å². The molecule has 0 aliphatic heterocycles. The topological polar surface area (TPSA) is 98.4 Å². The minimum atomic E-state index is -4.57. The van der Waals surface area contributed by atoms with Crippen LogP contribution in [-0.2, 0) is 10.3 Å². The Morgan fingerprint density at radius 2 is 1.85 bits per heavy atom. The highest BCUT2D eigenvalue weighted by molar-refractivity contribution is 7.78. The van der Waals surface area contributed by atoms with Crippen LogP contribution in [0, 0.1) is 0 Å². The Morgan fingerprint density at radius 1 is 1.38 bits per heavy atom. The van der Waals surface area contributed by atoms with Crippen molar-refractivity contribution in [2.24, 2.45) is 0 Å². The minimum absolute atomic E-state index is 0.0834. The Kier molecular flexibility index (Phi) is 2.30. The van der Waals surface area contributed by atoms with E-state index in [2.05, 4.69) is 0 Å². The number of nitrogens with zero attached hydrogens (tertiary/aromatic N) is 1. The molecule has 7 heteroatoms. The van der Waals surface area contributed by atoms with Crippen molar-refractivity contribution in [3.63, 3.8) is 0 Å². The summed E-state index contributed by atoms with van der Waals surface area (Å²) in [6.07, 6.45) is 1.76. The molecular formula is C6H5NO5S. The van der Waals surface area contributed by atoms with Gasteiger partial charge in [0.25, 0.3) is 0 Å². The number of carboxylic acids is 1. The molecule has 0 atom stereocenters. The summed E-state index contributed by atoms with van der Waals surface area (Å²) in [6.45, 7) is 0. The van der Waals surface area contributed by atoms with Crippen molar-refractivity contribution in [1.82, 2.24) is 0 Å². The molecule has 0 saturated carbocycles. The van der Waals surface area contributed by atoms with Crippen LogP contribution in [0.1, 0.15) is 10.4 Å². The van der Waals surface area contributed by atoms with Crippen molar-refractivity contribution >= 4 is 16.3 Å². The van der Waals surface area contributed by atoms with Gasteiger partial charge in [0.1, 0.15) is 0 Å². The SMILES string of the molecule is O=C(O)c1cc[n+](S(=O)(=O)[O-])cc1. The smallest absolute Gasteiger partial charge is 0.336 e. The molecule has 6 nitrogen and oxygen atoms in total. The Hall–Kier alpha value is -1.47. The molecule has 1 N–H and O–H groups in total. The predicted octanol–water partition coefficient (Wildman–Crippen LogP) is -1.02. The highest BCUT2D eigenvalue weighted by Crippen LogP contribution is 1.94. The standard InChI is InChI=1S/C6H5NO5S/c8-6(9)5-1-3-7(4-2-5)13(10,11)12/h1-4H,(H-,8,9,10,11,12). The lowest BCUT2D eigenvalue weighted by molar-refractivity contribution is -0.519. The van der Waals surface area contributed by atoms with Crippen LogP contribution in [0.4, 0.5) is 0 Å². The summed E-state index contributed by atoms with van der Waals surface area (Å²) in [4.78, 5) is 10.3. The molecule has 13 heavy (non-hydrogen) atoms. The first-order valence-corrected chi connectivity index (χ1v) is 4.49. The van der Waals surface area contributed by atoms with Gasteiger partial charge in [-0.05, 0) is 0 Å². The fourth-order valence-electron chi connectivity index (χ4n) is 0.704. The largest absolute Gasteiger partial charge is 0.693 e. The van der Waals surface area contributed by atoms with E-state index in [1.54, 1.807) is 0 Å². The van der Waals surface area contributed by atoms with Crippen LogP contribution in [0.15, 0.2) is 24.5 Å². The van der Waals surface area contributed by atoms with E-state index in [0.717, 1.165) is 24.5 Å². The van der Waals surface area contributed by atoms with Crippen molar-refractivity contribution in [2.45, 2.75) is 0 Å². The normalized spacial score (nSPS) is 11.2. The van der Waals surface area contributed by atoms with E-state index in [0.29, 0.717) is 3.97 Å². The molecule has 0 bridgehead atoms. The van der Waals surface area contributed by atoms with Crippen molar-refractivity contribution in [3.8, 4) is 0 Å². The molecule has 0 aliphatic rings. The van der Waals surface area contributed by atoms with Crippen LogP contribution >= 0.6 is 0 Å². The Bertz CT molecular complexity index is 421. The van der Waals surface area contributed by atoms with E-state index in [1.165, 1.54) is 0 Å². The molecule has 70 valence electrons. The highest BCUT2D eigenvalue weighted by atomic mass is 32.2. The zero-order valence-corrected chi connectivity index (χ0v) is 7.06. The third kappa shape index (κ3) is 2.23. The third-order valence-electron chi connectivity index (χ3n) is 1.31. The average molecular weight is 203 g/mol. The first-order chi connectivity index (χ1) is 5.91. The molecule has 0 unspecified atom stereocenters. The van der Waals surface area contributed by atoms with Crippen molar-refractivity contribution in [3.05, 3.63) is 30.1 Å². The number of aromatic carboxylic acids is 1. The van der Waals surface area contributed by atoms with Crippen LogP contribution in [-0.4, -0.2) is 24.0 Å². The molecule has 1 aromatic rings. The Labute approximate surface area is 73.9 Å². The average Bonchev–Trinajstić information content (AvgIpc) is 2.03.